The van der Waals surface area contributed by atoms with Crippen molar-refractivity contribution in [3.8, 4) is 0 Å². The van der Waals surface area contributed by atoms with Gasteiger partial charge in [-0.1, -0.05) is 18.5 Å². The van der Waals surface area contributed by atoms with Crippen LogP contribution in [-0.4, -0.2) is 38.8 Å². The molecule has 1 aromatic carbocycles. The van der Waals surface area contributed by atoms with E-state index < -0.39 is 6.10 Å². The Hall–Kier alpha value is -1.96. The molecule has 0 bridgehead atoms. The van der Waals surface area contributed by atoms with Crippen LogP contribution in [0.3, 0.4) is 0 Å². The summed E-state index contributed by atoms with van der Waals surface area (Å²) >= 11 is 7.69. The Bertz CT molecular complexity index is 954. The SMILES string of the molecule is CCc1nnc([C@H]2C[C@@H](O)CN2C(=O)Cc2csc3ccc(Cl)cc23)o1. The lowest BCUT2D eigenvalue weighted by Gasteiger charge is -2.21. The molecule has 1 saturated heterocycles. The lowest BCUT2D eigenvalue weighted by molar-refractivity contribution is -0.132. The second-order valence-corrected chi connectivity index (χ2v) is 7.76. The summed E-state index contributed by atoms with van der Waals surface area (Å²) in [5.41, 5.74) is 0.942. The molecule has 0 unspecified atom stereocenters. The van der Waals surface area contributed by atoms with Gasteiger partial charge in [0, 0.05) is 29.1 Å². The van der Waals surface area contributed by atoms with Crippen LogP contribution in [0.4, 0.5) is 0 Å². The number of amides is 1. The molecule has 3 aromatic rings. The van der Waals surface area contributed by atoms with Gasteiger partial charge in [-0.25, -0.2) is 0 Å². The second kappa shape index (κ2) is 6.98. The van der Waals surface area contributed by atoms with Crippen molar-refractivity contribution < 1.29 is 14.3 Å². The number of halogens is 1. The second-order valence-electron chi connectivity index (χ2n) is 6.42. The quantitative estimate of drug-likeness (QED) is 0.737. The number of nitrogens with zero attached hydrogens (tertiary/aromatic N) is 3. The van der Waals surface area contributed by atoms with E-state index in [1.807, 2.05) is 30.5 Å². The van der Waals surface area contributed by atoms with E-state index in [2.05, 4.69) is 10.2 Å². The van der Waals surface area contributed by atoms with Gasteiger partial charge in [-0.15, -0.1) is 21.5 Å². The van der Waals surface area contributed by atoms with Gasteiger partial charge in [0.05, 0.1) is 12.5 Å². The summed E-state index contributed by atoms with van der Waals surface area (Å²) < 4.78 is 6.72. The molecule has 26 heavy (non-hydrogen) atoms. The number of hydrogen-bond acceptors (Lipinski definition) is 6. The molecule has 1 aliphatic heterocycles. The smallest absolute Gasteiger partial charge is 0.239 e. The zero-order chi connectivity index (χ0) is 18.3. The van der Waals surface area contributed by atoms with Crippen LogP contribution in [0.15, 0.2) is 28.0 Å². The Balaban J connectivity index is 1.58. The predicted octanol–water partition coefficient (Wildman–Crippen LogP) is 3.38. The Kier molecular flexibility index (Phi) is 4.69. The molecular weight excluding hydrogens is 374 g/mol. The minimum atomic E-state index is -0.588. The van der Waals surface area contributed by atoms with Crippen LogP contribution in [0.25, 0.3) is 10.1 Å². The standard InChI is InChI=1S/C18H18ClN3O3S/c1-2-16-20-21-18(25-16)14-7-12(23)8-22(14)17(24)5-10-9-26-15-4-3-11(19)6-13(10)15/h3-4,6,9,12,14,23H,2,5,7-8H2,1H3/t12-,14-/m1/s1. The van der Waals surface area contributed by atoms with E-state index in [1.54, 1.807) is 16.2 Å². The predicted molar refractivity (Wildman–Crippen MR) is 99.3 cm³/mol. The van der Waals surface area contributed by atoms with E-state index in [-0.39, 0.29) is 24.9 Å². The first-order valence-corrected chi connectivity index (χ1v) is 9.76. The number of carbonyl (C=O) groups is 1. The highest BCUT2D eigenvalue weighted by molar-refractivity contribution is 7.17. The van der Waals surface area contributed by atoms with Crippen LogP contribution in [0, 0.1) is 0 Å². The van der Waals surface area contributed by atoms with Gasteiger partial charge < -0.3 is 14.4 Å². The van der Waals surface area contributed by atoms with Gasteiger partial charge in [0.15, 0.2) is 0 Å². The van der Waals surface area contributed by atoms with Crippen LogP contribution in [0.2, 0.25) is 5.02 Å². The Labute approximate surface area is 159 Å². The topological polar surface area (TPSA) is 79.5 Å². The molecule has 4 rings (SSSR count). The normalized spacial score (nSPS) is 20.2. The highest BCUT2D eigenvalue weighted by Gasteiger charge is 2.38. The average molecular weight is 392 g/mol. The molecule has 8 heteroatoms. The number of benzene rings is 1. The van der Waals surface area contributed by atoms with Gasteiger partial charge in [0.2, 0.25) is 17.7 Å². The van der Waals surface area contributed by atoms with Crippen molar-refractivity contribution in [2.24, 2.45) is 0 Å². The molecule has 1 aliphatic rings. The summed E-state index contributed by atoms with van der Waals surface area (Å²) in [4.78, 5) is 14.6. The van der Waals surface area contributed by atoms with Gasteiger partial charge >= 0.3 is 0 Å². The van der Waals surface area contributed by atoms with E-state index in [9.17, 15) is 9.90 Å². The number of aliphatic hydroxyl groups is 1. The number of aryl methyl sites for hydroxylation is 1. The first-order chi connectivity index (χ1) is 12.5. The molecule has 2 aromatic heterocycles. The van der Waals surface area contributed by atoms with Crippen LogP contribution >= 0.6 is 22.9 Å². The van der Waals surface area contributed by atoms with Crippen LogP contribution < -0.4 is 0 Å². The maximum atomic E-state index is 12.9. The molecule has 1 fully saturated rings. The minimum absolute atomic E-state index is 0.0672. The van der Waals surface area contributed by atoms with Crippen molar-refractivity contribution in [1.29, 1.82) is 0 Å². The van der Waals surface area contributed by atoms with Crippen molar-refractivity contribution in [3.05, 3.63) is 45.9 Å². The minimum Gasteiger partial charge on any atom is -0.423 e. The molecule has 2 atom stereocenters. The molecule has 136 valence electrons. The number of fused-ring (bicyclic) bond motifs is 1. The molecular formula is C18H18ClN3O3S. The fourth-order valence-corrected chi connectivity index (χ4v) is 4.44. The molecule has 1 N–H and O–H groups in total. The summed E-state index contributed by atoms with van der Waals surface area (Å²) in [7, 11) is 0. The average Bonchev–Trinajstić information content (AvgIpc) is 3.33. The molecule has 0 aliphatic carbocycles. The first-order valence-electron chi connectivity index (χ1n) is 8.50. The van der Waals surface area contributed by atoms with Crippen molar-refractivity contribution in [2.45, 2.75) is 38.3 Å². The number of carbonyl (C=O) groups excluding carboxylic acids is 1. The van der Waals surface area contributed by atoms with Gasteiger partial charge in [0.1, 0.15) is 6.04 Å². The summed E-state index contributed by atoms with van der Waals surface area (Å²) in [6, 6.07) is 5.32. The maximum Gasteiger partial charge on any atom is 0.239 e. The number of likely N-dealkylation sites (tertiary alicyclic amines) is 1. The van der Waals surface area contributed by atoms with Crippen molar-refractivity contribution in [3.63, 3.8) is 0 Å². The van der Waals surface area contributed by atoms with Crippen LogP contribution in [0.1, 0.15) is 36.7 Å². The van der Waals surface area contributed by atoms with Gasteiger partial charge in [-0.2, -0.15) is 0 Å². The Morgan fingerprint density at radius 1 is 1.46 bits per heavy atom. The van der Waals surface area contributed by atoms with Crippen LogP contribution in [-0.2, 0) is 17.6 Å². The number of β-amino-alcohol motifs (C(OH)–C–C–N with tert-alkyl or cyclic N) is 1. The number of aliphatic hydroxyl groups excluding tert-OH is 1. The highest BCUT2D eigenvalue weighted by Crippen LogP contribution is 2.34. The van der Waals surface area contributed by atoms with Gasteiger partial charge in [0.25, 0.3) is 0 Å². The van der Waals surface area contributed by atoms with Crippen molar-refractivity contribution in [1.82, 2.24) is 15.1 Å². The lowest BCUT2D eigenvalue weighted by Crippen LogP contribution is -2.33. The Morgan fingerprint density at radius 3 is 3.08 bits per heavy atom. The molecule has 0 radical (unpaired) electrons. The van der Waals surface area contributed by atoms with E-state index in [0.29, 0.717) is 29.6 Å². The number of hydrogen-bond donors (Lipinski definition) is 1. The zero-order valence-electron chi connectivity index (χ0n) is 14.2. The van der Waals surface area contributed by atoms with E-state index in [4.69, 9.17) is 16.0 Å². The van der Waals surface area contributed by atoms with E-state index in [0.717, 1.165) is 15.6 Å². The van der Waals surface area contributed by atoms with Gasteiger partial charge in [-0.3, -0.25) is 4.79 Å². The van der Waals surface area contributed by atoms with Crippen LogP contribution in [0.5, 0.6) is 0 Å². The lowest BCUT2D eigenvalue weighted by atomic mass is 10.1. The number of aromatic nitrogens is 2. The molecule has 1 amide bonds. The number of rotatable bonds is 4. The summed E-state index contributed by atoms with van der Waals surface area (Å²) in [5.74, 6) is 0.861. The van der Waals surface area contributed by atoms with Crippen molar-refractivity contribution >= 4 is 38.9 Å². The molecule has 6 nitrogen and oxygen atoms in total. The highest BCUT2D eigenvalue weighted by atomic mass is 35.5. The largest absolute Gasteiger partial charge is 0.423 e. The van der Waals surface area contributed by atoms with E-state index >= 15 is 0 Å². The molecule has 0 spiro atoms. The zero-order valence-corrected chi connectivity index (χ0v) is 15.8. The third kappa shape index (κ3) is 3.22. The summed E-state index contributed by atoms with van der Waals surface area (Å²) in [6.07, 6.45) is 0.707. The fraction of sp³-hybridized carbons (Fsp3) is 0.389. The summed E-state index contributed by atoms with van der Waals surface area (Å²) in [6.45, 7) is 2.20. The van der Waals surface area contributed by atoms with Gasteiger partial charge in [-0.05, 0) is 34.5 Å². The third-order valence-corrected chi connectivity index (χ3v) is 5.87. The third-order valence-electron chi connectivity index (χ3n) is 4.63. The molecule has 0 saturated carbocycles. The van der Waals surface area contributed by atoms with Crippen molar-refractivity contribution in [2.75, 3.05) is 6.54 Å². The molecule has 3 heterocycles. The Morgan fingerprint density at radius 2 is 2.31 bits per heavy atom. The number of thiophene rings is 1. The van der Waals surface area contributed by atoms with E-state index in [1.165, 1.54) is 0 Å². The summed E-state index contributed by atoms with van der Waals surface area (Å²) in [5, 5.41) is 21.7. The monoisotopic (exact) mass is 391 g/mol. The first kappa shape index (κ1) is 17.5. The maximum absolute atomic E-state index is 12.9. The fourth-order valence-electron chi connectivity index (χ4n) is 3.32.